The van der Waals surface area contributed by atoms with Gasteiger partial charge in [-0.2, -0.15) is 0 Å². The summed E-state index contributed by atoms with van der Waals surface area (Å²) in [5.41, 5.74) is 2.06. The molecule has 1 aliphatic heterocycles. The third kappa shape index (κ3) is 1.51. The maximum atomic E-state index is 5.15. The molecule has 0 saturated carbocycles. The van der Waals surface area contributed by atoms with Crippen LogP contribution in [0.3, 0.4) is 0 Å². The zero-order valence-electron chi connectivity index (χ0n) is 7.43. The van der Waals surface area contributed by atoms with Crippen LogP contribution in [0.1, 0.15) is 5.56 Å². The van der Waals surface area contributed by atoms with E-state index >= 15 is 0 Å². The van der Waals surface area contributed by atoms with Gasteiger partial charge < -0.3 is 4.74 Å². The van der Waals surface area contributed by atoms with Crippen molar-refractivity contribution in [3.8, 4) is 0 Å². The van der Waals surface area contributed by atoms with Gasteiger partial charge in [0.2, 0.25) is 0 Å². The third-order valence-corrected chi connectivity index (χ3v) is 1.95. The Labute approximate surface area is 77.1 Å². The highest BCUT2D eigenvalue weighted by molar-refractivity contribution is 5.63. The van der Waals surface area contributed by atoms with E-state index in [1.54, 1.807) is 18.4 Å². The van der Waals surface area contributed by atoms with Gasteiger partial charge in [-0.25, -0.2) is 5.06 Å². The second-order valence-corrected chi connectivity index (χ2v) is 2.73. The zero-order valence-corrected chi connectivity index (χ0v) is 7.43. The lowest BCUT2D eigenvalue weighted by Gasteiger charge is -2.15. The molecule has 1 heterocycles. The molecule has 0 amide bonds. The smallest absolute Gasteiger partial charge is 0.184 e. The molecule has 0 aliphatic carbocycles. The lowest BCUT2D eigenvalue weighted by Crippen LogP contribution is -2.17. The highest BCUT2D eigenvalue weighted by atomic mass is 16.7. The van der Waals surface area contributed by atoms with Crippen molar-refractivity contribution < 1.29 is 9.57 Å². The molecular formula is C10H11NO2. The Kier molecular flexibility index (Phi) is 2.19. The van der Waals surface area contributed by atoms with Crippen LogP contribution in [0.25, 0.3) is 5.70 Å². The number of benzene rings is 1. The van der Waals surface area contributed by atoms with Crippen LogP contribution < -0.4 is 0 Å². The molecule has 3 nitrogen and oxygen atoms in total. The molecule has 0 fully saturated rings. The van der Waals surface area contributed by atoms with Crippen LogP contribution >= 0.6 is 0 Å². The van der Waals surface area contributed by atoms with E-state index in [0.717, 1.165) is 11.3 Å². The highest BCUT2D eigenvalue weighted by Gasteiger charge is 2.16. The molecular weight excluding hydrogens is 166 g/mol. The van der Waals surface area contributed by atoms with E-state index in [-0.39, 0.29) is 0 Å². The fourth-order valence-electron chi connectivity index (χ4n) is 1.28. The van der Waals surface area contributed by atoms with Crippen molar-refractivity contribution >= 4 is 5.70 Å². The Morgan fingerprint density at radius 2 is 2.08 bits per heavy atom. The van der Waals surface area contributed by atoms with Gasteiger partial charge in [0.15, 0.2) is 6.73 Å². The van der Waals surface area contributed by atoms with Gasteiger partial charge in [0.25, 0.3) is 0 Å². The van der Waals surface area contributed by atoms with Crippen molar-refractivity contribution in [1.29, 1.82) is 0 Å². The number of ether oxygens (including phenoxy) is 1. The summed E-state index contributed by atoms with van der Waals surface area (Å²) in [6.07, 6.45) is 1.71. The molecule has 0 bridgehead atoms. The van der Waals surface area contributed by atoms with E-state index in [9.17, 15) is 0 Å². The van der Waals surface area contributed by atoms with Crippen LogP contribution in [0.4, 0.5) is 0 Å². The van der Waals surface area contributed by atoms with Crippen LogP contribution in [0.2, 0.25) is 0 Å². The molecule has 1 aliphatic rings. The summed E-state index contributed by atoms with van der Waals surface area (Å²) in [5.74, 6) is 0. The SMILES string of the molecule is CON1COC=C1c1ccccc1. The molecule has 0 atom stereocenters. The maximum absolute atomic E-state index is 5.15. The summed E-state index contributed by atoms with van der Waals surface area (Å²) in [6.45, 7) is 0.459. The summed E-state index contributed by atoms with van der Waals surface area (Å²) < 4.78 is 5.15. The normalized spacial score (nSPS) is 15.5. The molecule has 2 rings (SSSR count). The average Bonchev–Trinajstić information content (AvgIpc) is 2.67. The van der Waals surface area contributed by atoms with Crippen LogP contribution in [0.5, 0.6) is 0 Å². The van der Waals surface area contributed by atoms with Crippen molar-refractivity contribution in [1.82, 2.24) is 5.06 Å². The molecule has 0 radical (unpaired) electrons. The van der Waals surface area contributed by atoms with E-state index in [1.165, 1.54) is 0 Å². The van der Waals surface area contributed by atoms with E-state index in [2.05, 4.69) is 0 Å². The van der Waals surface area contributed by atoms with Crippen LogP contribution in [0.15, 0.2) is 36.6 Å². The average molecular weight is 177 g/mol. The molecule has 0 saturated heterocycles. The predicted molar refractivity (Wildman–Crippen MR) is 49.2 cm³/mol. The molecule has 0 unspecified atom stereocenters. The van der Waals surface area contributed by atoms with Crippen LogP contribution in [-0.2, 0) is 9.57 Å². The Morgan fingerprint density at radius 1 is 1.31 bits per heavy atom. The highest BCUT2D eigenvalue weighted by Crippen LogP contribution is 2.23. The van der Waals surface area contributed by atoms with Crippen LogP contribution in [0, 0.1) is 0 Å². The van der Waals surface area contributed by atoms with E-state index < -0.39 is 0 Å². The minimum Gasteiger partial charge on any atom is -0.476 e. The standard InChI is InChI=1S/C10H11NO2/c1-12-11-8-13-7-10(11)9-5-3-2-4-6-9/h2-7H,8H2,1H3. The molecule has 0 spiro atoms. The van der Waals surface area contributed by atoms with Crippen molar-refractivity contribution in [2.45, 2.75) is 0 Å². The van der Waals surface area contributed by atoms with E-state index in [4.69, 9.17) is 9.57 Å². The van der Waals surface area contributed by atoms with Crippen molar-refractivity contribution in [3.05, 3.63) is 42.2 Å². The Hall–Kier alpha value is -1.48. The van der Waals surface area contributed by atoms with Crippen molar-refractivity contribution in [3.63, 3.8) is 0 Å². The molecule has 68 valence electrons. The first-order valence-electron chi connectivity index (χ1n) is 4.10. The van der Waals surface area contributed by atoms with Crippen LogP contribution in [-0.4, -0.2) is 18.9 Å². The van der Waals surface area contributed by atoms with E-state index in [1.807, 2.05) is 30.3 Å². The first kappa shape index (κ1) is 8.13. The Balaban J connectivity index is 2.26. The fourth-order valence-corrected chi connectivity index (χ4v) is 1.28. The summed E-state index contributed by atoms with van der Waals surface area (Å²) in [5, 5.41) is 1.70. The third-order valence-electron chi connectivity index (χ3n) is 1.95. The summed E-state index contributed by atoms with van der Waals surface area (Å²) in [7, 11) is 1.63. The maximum Gasteiger partial charge on any atom is 0.184 e. The molecule has 0 aromatic heterocycles. The molecule has 0 N–H and O–H groups in total. The van der Waals surface area contributed by atoms with Crippen molar-refractivity contribution in [2.24, 2.45) is 0 Å². The van der Waals surface area contributed by atoms with Gasteiger partial charge in [-0.1, -0.05) is 30.3 Å². The lowest BCUT2D eigenvalue weighted by atomic mass is 10.2. The van der Waals surface area contributed by atoms with Gasteiger partial charge in [0, 0.05) is 5.56 Å². The number of hydroxylamine groups is 2. The molecule has 1 aromatic carbocycles. The summed E-state index contributed by atoms with van der Waals surface area (Å²) >= 11 is 0. The number of nitrogens with zero attached hydrogens (tertiary/aromatic N) is 1. The number of hydrogen-bond donors (Lipinski definition) is 0. The first-order valence-corrected chi connectivity index (χ1v) is 4.10. The van der Waals surface area contributed by atoms with Crippen molar-refractivity contribution in [2.75, 3.05) is 13.8 Å². The Bertz CT molecular complexity index is 308. The first-order chi connectivity index (χ1) is 6.42. The monoisotopic (exact) mass is 177 g/mol. The predicted octanol–water partition coefficient (Wildman–Crippen LogP) is 1.84. The lowest BCUT2D eigenvalue weighted by molar-refractivity contribution is -0.108. The molecule has 1 aromatic rings. The van der Waals surface area contributed by atoms with Gasteiger partial charge in [-0.3, -0.25) is 4.84 Å². The van der Waals surface area contributed by atoms with Gasteiger partial charge in [-0.15, -0.1) is 0 Å². The van der Waals surface area contributed by atoms with E-state index in [0.29, 0.717) is 6.73 Å². The second-order valence-electron chi connectivity index (χ2n) is 2.73. The fraction of sp³-hybridized carbons (Fsp3) is 0.200. The summed E-state index contributed by atoms with van der Waals surface area (Å²) in [6, 6.07) is 10.0. The molecule has 13 heavy (non-hydrogen) atoms. The minimum absolute atomic E-state index is 0.459. The zero-order chi connectivity index (χ0) is 9.10. The number of hydrogen-bond acceptors (Lipinski definition) is 3. The minimum atomic E-state index is 0.459. The second kappa shape index (κ2) is 3.49. The van der Waals surface area contributed by atoms with Gasteiger partial charge in [0.1, 0.15) is 12.0 Å². The quantitative estimate of drug-likeness (QED) is 0.688. The topological polar surface area (TPSA) is 21.7 Å². The molecule has 3 heteroatoms. The largest absolute Gasteiger partial charge is 0.476 e. The Morgan fingerprint density at radius 3 is 2.77 bits per heavy atom. The van der Waals surface area contributed by atoms with Gasteiger partial charge >= 0.3 is 0 Å². The van der Waals surface area contributed by atoms with Gasteiger partial charge in [0.05, 0.1) is 7.11 Å². The summed E-state index contributed by atoms with van der Waals surface area (Å²) in [4.78, 5) is 5.12. The number of rotatable bonds is 2. The van der Waals surface area contributed by atoms with Gasteiger partial charge in [-0.05, 0) is 0 Å².